The van der Waals surface area contributed by atoms with E-state index in [1.54, 1.807) is 24.0 Å². The van der Waals surface area contributed by atoms with E-state index in [0.717, 1.165) is 28.9 Å². The SMILES string of the molecule is CCNS(=O)(=O)N=C([O-])c1csc(CN(CCCc2ccccc2)C(=O)c2cc(OC)c(C)c(OC)c2)n1. The number of hydrogen-bond donors (Lipinski definition) is 1. The molecular formula is C26H31N4O6S2-. The van der Waals surface area contributed by atoms with Gasteiger partial charge in [0.25, 0.3) is 5.91 Å². The number of nitrogens with one attached hydrogen (secondary N) is 1. The molecule has 0 unspecified atom stereocenters. The lowest BCUT2D eigenvalue weighted by Gasteiger charge is -2.23. The van der Waals surface area contributed by atoms with Gasteiger partial charge in [0.15, 0.2) is 0 Å². The van der Waals surface area contributed by atoms with E-state index in [-0.39, 0.29) is 24.7 Å². The minimum atomic E-state index is -4.10. The van der Waals surface area contributed by atoms with Crippen LogP contribution in [0.5, 0.6) is 11.5 Å². The number of methoxy groups -OCH3 is 2. The molecule has 38 heavy (non-hydrogen) atoms. The molecule has 1 heterocycles. The number of benzene rings is 2. The number of thiazole rings is 1. The highest BCUT2D eigenvalue weighted by Crippen LogP contribution is 2.30. The highest BCUT2D eigenvalue weighted by atomic mass is 32.2. The molecule has 204 valence electrons. The topological polar surface area (TPSA) is 133 Å². The number of hydrogen-bond acceptors (Lipinski definition) is 8. The number of nitrogens with zero attached hydrogens (tertiary/aromatic N) is 3. The fraction of sp³-hybridized carbons (Fsp3) is 0.346. The molecule has 0 radical (unpaired) electrons. The number of ether oxygens (including phenoxy) is 2. The first-order chi connectivity index (χ1) is 18.2. The third-order valence-corrected chi connectivity index (χ3v) is 7.54. The molecule has 1 N–H and O–H groups in total. The van der Waals surface area contributed by atoms with Gasteiger partial charge < -0.3 is 19.5 Å². The fourth-order valence-corrected chi connectivity index (χ4v) is 5.30. The van der Waals surface area contributed by atoms with Crippen molar-refractivity contribution in [3.05, 3.63) is 75.2 Å². The average molecular weight is 560 g/mol. The van der Waals surface area contributed by atoms with E-state index in [9.17, 15) is 18.3 Å². The molecule has 0 bridgehead atoms. The lowest BCUT2D eigenvalue weighted by atomic mass is 10.1. The maximum absolute atomic E-state index is 13.7. The maximum atomic E-state index is 13.7. The predicted molar refractivity (Wildman–Crippen MR) is 145 cm³/mol. The van der Waals surface area contributed by atoms with Gasteiger partial charge in [-0.2, -0.15) is 17.5 Å². The first-order valence-corrected chi connectivity index (χ1v) is 14.3. The van der Waals surface area contributed by atoms with Crippen LogP contribution in [0.3, 0.4) is 0 Å². The van der Waals surface area contributed by atoms with E-state index >= 15 is 0 Å². The highest BCUT2D eigenvalue weighted by molar-refractivity contribution is 7.88. The molecule has 1 amide bonds. The van der Waals surface area contributed by atoms with Crippen molar-refractivity contribution in [2.75, 3.05) is 27.3 Å². The van der Waals surface area contributed by atoms with E-state index < -0.39 is 16.1 Å². The molecule has 12 heteroatoms. The average Bonchev–Trinajstić information content (AvgIpc) is 3.37. The van der Waals surface area contributed by atoms with Gasteiger partial charge in [-0.1, -0.05) is 37.3 Å². The van der Waals surface area contributed by atoms with Crippen LogP contribution in [0.15, 0.2) is 52.2 Å². The first kappa shape index (κ1) is 29.1. The minimum Gasteiger partial charge on any atom is -0.856 e. The second-order valence-electron chi connectivity index (χ2n) is 8.32. The molecule has 10 nitrogen and oxygen atoms in total. The number of amides is 1. The summed E-state index contributed by atoms with van der Waals surface area (Å²) in [7, 11) is -1.03. The predicted octanol–water partition coefficient (Wildman–Crippen LogP) is 2.71. The molecule has 0 spiro atoms. The normalized spacial score (nSPS) is 11.8. The van der Waals surface area contributed by atoms with Crippen LogP contribution in [0.25, 0.3) is 0 Å². The third kappa shape index (κ3) is 7.76. The van der Waals surface area contributed by atoms with Crippen molar-refractivity contribution in [3.8, 4) is 11.5 Å². The van der Waals surface area contributed by atoms with Gasteiger partial charge in [0.2, 0.25) is 0 Å². The Morgan fingerprint density at radius 3 is 2.42 bits per heavy atom. The molecule has 0 atom stereocenters. The summed E-state index contributed by atoms with van der Waals surface area (Å²) >= 11 is 1.16. The molecule has 3 rings (SSSR count). The van der Waals surface area contributed by atoms with E-state index in [2.05, 4.69) is 14.1 Å². The van der Waals surface area contributed by atoms with Crippen molar-refractivity contribution in [1.29, 1.82) is 0 Å². The van der Waals surface area contributed by atoms with Crippen molar-refractivity contribution in [2.45, 2.75) is 33.2 Å². The maximum Gasteiger partial charge on any atom is 0.319 e. The molecule has 0 saturated carbocycles. The monoisotopic (exact) mass is 559 g/mol. The van der Waals surface area contributed by atoms with Crippen molar-refractivity contribution in [3.63, 3.8) is 0 Å². The van der Waals surface area contributed by atoms with Crippen LogP contribution in [0.4, 0.5) is 0 Å². The lowest BCUT2D eigenvalue weighted by molar-refractivity contribution is -0.212. The molecule has 0 saturated heterocycles. The zero-order chi connectivity index (χ0) is 27.7. The van der Waals surface area contributed by atoms with Gasteiger partial charge in [0.1, 0.15) is 16.5 Å². The molecule has 1 aromatic heterocycles. The number of rotatable bonds is 13. The Morgan fingerprint density at radius 1 is 1.16 bits per heavy atom. The van der Waals surface area contributed by atoms with E-state index in [1.807, 2.05) is 37.3 Å². The second-order valence-corrected chi connectivity index (χ2v) is 10.7. The number of aryl methyl sites for hydroxylation is 1. The van der Waals surface area contributed by atoms with Crippen molar-refractivity contribution in [1.82, 2.24) is 14.6 Å². The van der Waals surface area contributed by atoms with Crippen LogP contribution < -0.4 is 19.3 Å². The summed E-state index contributed by atoms with van der Waals surface area (Å²) in [4.78, 5) is 19.6. The van der Waals surface area contributed by atoms with Crippen LogP contribution >= 0.6 is 11.3 Å². The summed E-state index contributed by atoms with van der Waals surface area (Å²) in [5.41, 5.74) is 2.23. The largest absolute Gasteiger partial charge is 0.856 e. The summed E-state index contributed by atoms with van der Waals surface area (Å²) in [5.74, 6) is -0.161. The zero-order valence-electron chi connectivity index (χ0n) is 21.8. The molecule has 0 fully saturated rings. The molecule has 0 aliphatic rings. The van der Waals surface area contributed by atoms with Crippen molar-refractivity contribution >= 4 is 33.4 Å². The molecular weight excluding hydrogens is 528 g/mol. The Morgan fingerprint density at radius 2 is 1.82 bits per heavy atom. The van der Waals surface area contributed by atoms with Gasteiger partial charge in [-0.25, -0.2) is 4.98 Å². The lowest BCUT2D eigenvalue weighted by Crippen LogP contribution is -2.32. The van der Waals surface area contributed by atoms with Gasteiger partial charge in [-0.3, -0.25) is 4.79 Å². The quantitative estimate of drug-likeness (QED) is 0.251. The van der Waals surface area contributed by atoms with Crippen LogP contribution in [0.1, 0.15) is 45.5 Å². The summed E-state index contributed by atoms with van der Waals surface area (Å²) in [5, 5.41) is 14.3. The smallest absolute Gasteiger partial charge is 0.319 e. The summed E-state index contributed by atoms with van der Waals surface area (Å²) in [6, 6.07) is 13.3. The summed E-state index contributed by atoms with van der Waals surface area (Å²) in [6.45, 7) is 4.09. The Labute approximate surface area is 227 Å². The number of carbonyl (C=O) groups excluding carboxylic acids is 1. The Balaban J connectivity index is 1.86. The van der Waals surface area contributed by atoms with E-state index in [4.69, 9.17) is 9.47 Å². The van der Waals surface area contributed by atoms with Gasteiger partial charge >= 0.3 is 10.2 Å². The Kier molecular flexibility index (Phi) is 10.2. The second kappa shape index (κ2) is 13.4. The fourth-order valence-electron chi connectivity index (χ4n) is 3.78. The van der Waals surface area contributed by atoms with Gasteiger partial charge in [-0.15, -0.1) is 11.3 Å². The standard InChI is InChI=1S/C26H32N4O6S2/c1-5-27-38(33,34)29-25(31)21-17-37-24(28-21)16-30(13-9-12-19-10-7-6-8-11-19)26(32)20-14-22(35-3)18(2)23(15-20)36-4/h6-8,10-11,14-15,17,27H,5,9,12-13,16H2,1-4H3,(H,29,31)/p-1. The Bertz CT molecular complexity index is 1350. The van der Waals surface area contributed by atoms with Crippen molar-refractivity contribution in [2.24, 2.45) is 4.40 Å². The molecule has 0 aliphatic heterocycles. The van der Waals surface area contributed by atoms with Crippen molar-refractivity contribution < 1.29 is 27.8 Å². The van der Waals surface area contributed by atoms with Gasteiger partial charge in [0, 0.05) is 35.5 Å². The minimum absolute atomic E-state index is 0.0955. The molecule has 0 aliphatic carbocycles. The van der Waals surface area contributed by atoms with E-state index in [0.29, 0.717) is 35.0 Å². The highest BCUT2D eigenvalue weighted by Gasteiger charge is 2.21. The summed E-state index contributed by atoms with van der Waals surface area (Å²) < 4.78 is 39.9. The van der Waals surface area contributed by atoms with E-state index in [1.165, 1.54) is 19.6 Å². The molecule has 3 aromatic rings. The molecule has 2 aromatic carbocycles. The third-order valence-electron chi connectivity index (χ3n) is 5.65. The Hall–Kier alpha value is -3.48. The zero-order valence-corrected chi connectivity index (χ0v) is 23.4. The van der Waals surface area contributed by atoms with Crippen LogP contribution in [-0.4, -0.2) is 57.4 Å². The van der Waals surface area contributed by atoms with Gasteiger partial charge in [-0.05, 0) is 37.5 Å². The first-order valence-electron chi connectivity index (χ1n) is 11.9. The van der Waals surface area contributed by atoms with Crippen LogP contribution in [0.2, 0.25) is 0 Å². The number of carbonyl (C=O) groups is 1. The van der Waals surface area contributed by atoms with Crippen LogP contribution in [0, 0.1) is 6.92 Å². The van der Waals surface area contributed by atoms with Crippen LogP contribution in [-0.2, 0) is 23.2 Å². The van der Waals surface area contributed by atoms with Gasteiger partial charge in [0.05, 0.1) is 26.5 Å². The summed E-state index contributed by atoms with van der Waals surface area (Å²) in [6.07, 6.45) is 1.47. The number of aromatic nitrogens is 1.